The third kappa shape index (κ3) is 4.54. The summed E-state index contributed by atoms with van der Waals surface area (Å²) in [5.41, 5.74) is 5.18. The van der Waals surface area contributed by atoms with Crippen molar-refractivity contribution in [2.24, 2.45) is 0 Å². The van der Waals surface area contributed by atoms with Crippen molar-refractivity contribution in [2.75, 3.05) is 5.32 Å². The molecule has 3 N–H and O–H groups in total. The first-order valence-corrected chi connectivity index (χ1v) is 7.60. The molecule has 0 aliphatic rings. The van der Waals surface area contributed by atoms with Gasteiger partial charge >= 0.3 is 0 Å². The molecular formula is C14H10Cl2N4O3S. The molecule has 0 unspecified atom stereocenters. The van der Waals surface area contributed by atoms with Crippen molar-refractivity contribution in [3.8, 4) is 0 Å². The molecule has 0 bridgehead atoms. The van der Waals surface area contributed by atoms with Crippen LogP contribution in [0.15, 0.2) is 42.5 Å². The number of benzene rings is 2. The summed E-state index contributed by atoms with van der Waals surface area (Å²) >= 11 is 16.9. The van der Waals surface area contributed by atoms with Crippen LogP contribution in [0.1, 0.15) is 10.4 Å². The number of non-ortho nitro benzene ring substituents is 1. The summed E-state index contributed by atoms with van der Waals surface area (Å²) in [5.74, 6) is -0.491. The van der Waals surface area contributed by atoms with Gasteiger partial charge < -0.3 is 5.32 Å². The van der Waals surface area contributed by atoms with Crippen molar-refractivity contribution in [1.29, 1.82) is 0 Å². The lowest BCUT2D eigenvalue weighted by Gasteiger charge is -2.13. The van der Waals surface area contributed by atoms with Gasteiger partial charge in [-0.15, -0.1) is 0 Å². The van der Waals surface area contributed by atoms with Gasteiger partial charge in [-0.3, -0.25) is 25.8 Å². The Bertz CT molecular complexity index is 816. The molecule has 0 saturated heterocycles. The highest BCUT2D eigenvalue weighted by Crippen LogP contribution is 2.26. The second kappa shape index (κ2) is 7.91. The molecule has 2 aromatic carbocycles. The lowest BCUT2D eigenvalue weighted by Crippen LogP contribution is -2.43. The van der Waals surface area contributed by atoms with Crippen LogP contribution in [0.5, 0.6) is 0 Å². The lowest BCUT2D eigenvalue weighted by molar-refractivity contribution is -0.384. The first-order chi connectivity index (χ1) is 11.4. The van der Waals surface area contributed by atoms with Crippen molar-refractivity contribution < 1.29 is 9.72 Å². The number of thiocarbonyl (C=S) groups is 1. The number of hydrogen-bond acceptors (Lipinski definition) is 4. The summed E-state index contributed by atoms with van der Waals surface area (Å²) in [5, 5.41) is 14.0. The molecule has 0 aromatic heterocycles. The van der Waals surface area contributed by atoms with Gasteiger partial charge in [0, 0.05) is 12.1 Å². The first kappa shape index (κ1) is 17.9. The Morgan fingerprint density at radius 2 is 1.79 bits per heavy atom. The molecule has 0 aliphatic carbocycles. The molecule has 7 nitrogen and oxygen atoms in total. The standard InChI is InChI=1S/C14H10Cl2N4O3S/c15-10-4-2-1-3-9(10)13(21)18-19-14(24)17-12-7-8(20(22)23)5-6-11(12)16/h1-7H,(H,18,21)(H2,17,19,24). The van der Waals surface area contributed by atoms with Crippen LogP contribution in [0.2, 0.25) is 10.0 Å². The van der Waals surface area contributed by atoms with Crippen molar-refractivity contribution in [2.45, 2.75) is 0 Å². The van der Waals surface area contributed by atoms with Gasteiger partial charge in [-0.25, -0.2) is 0 Å². The quantitative estimate of drug-likeness (QED) is 0.425. The Kier molecular flexibility index (Phi) is 5.91. The number of nitro benzene ring substituents is 1. The van der Waals surface area contributed by atoms with Gasteiger partial charge in [0.25, 0.3) is 11.6 Å². The maximum atomic E-state index is 12.0. The number of hydrazine groups is 1. The van der Waals surface area contributed by atoms with Crippen molar-refractivity contribution in [3.05, 3.63) is 68.2 Å². The van der Waals surface area contributed by atoms with E-state index in [0.29, 0.717) is 0 Å². The predicted molar refractivity (Wildman–Crippen MR) is 96.4 cm³/mol. The fourth-order valence-corrected chi connectivity index (χ4v) is 2.25. The van der Waals surface area contributed by atoms with Crippen LogP contribution in [0.3, 0.4) is 0 Å². The average molecular weight is 385 g/mol. The molecular weight excluding hydrogens is 375 g/mol. The Labute approximate surface area is 152 Å². The Morgan fingerprint density at radius 3 is 2.46 bits per heavy atom. The zero-order valence-corrected chi connectivity index (χ0v) is 14.2. The minimum atomic E-state index is -0.558. The number of carbonyl (C=O) groups excluding carboxylic acids is 1. The Morgan fingerprint density at radius 1 is 1.08 bits per heavy atom. The van der Waals surface area contributed by atoms with Gasteiger partial charge in [0.1, 0.15) is 0 Å². The monoisotopic (exact) mass is 384 g/mol. The van der Waals surface area contributed by atoms with Crippen LogP contribution in [-0.4, -0.2) is 15.9 Å². The van der Waals surface area contributed by atoms with Gasteiger partial charge in [-0.1, -0.05) is 35.3 Å². The highest BCUT2D eigenvalue weighted by Gasteiger charge is 2.12. The van der Waals surface area contributed by atoms with E-state index in [4.69, 9.17) is 35.4 Å². The zero-order chi connectivity index (χ0) is 17.7. The van der Waals surface area contributed by atoms with Crippen molar-refractivity contribution in [3.63, 3.8) is 0 Å². The SMILES string of the molecule is O=C(NNC(=S)Nc1cc([N+](=O)[O-])ccc1Cl)c1ccccc1Cl. The van der Waals surface area contributed by atoms with Gasteiger partial charge in [0.2, 0.25) is 0 Å². The number of rotatable bonds is 3. The number of nitro groups is 1. The maximum absolute atomic E-state index is 12.0. The highest BCUT2D eigenvalue weighted by molar-refractivity contribution is 7.80. The second-order valence-corrected chi connectivity index (χ2v) is 5.66. The van der Waals surface area contributed by atoms with Crippen molar-refractivity contribution in [1.82, 2.24) is 10.9 Å². The molecule has 0 heterocycles. The highest BCUT2D eigenvalue weighted by atomic mass is 35.5. The summed E-state index contributed by atoms with van der Waals surface area (Å²) in [6.07, 6.45) is 0. The number of nitrogens with one attached hydrogen (secondary N) is 3. The van der Waals surface area contributed by atoms with Gasteiger partial charge in [-0.2, -0.15) is 0 Å². The lowest BCUT2D eigenvalue weighted by atomic mass is 10.2. The van der Waals surface area contributed by atoms with Crippen LogP contribution in [-0.2, 0) is 0 Å². The molecule has 0 fully saturated rings. The van der Waals surface area contributed by atoms with Gasteiger partial charge in [0.15, 0.2) is 5.11 Å². The average Bonchev–Trinajstić information content (AvgIpc) is 2.55. The number of anilines is 1. The second-order valence-electron chi connectivity index (χ2n) is 4.43. The topological polar surface area (TPSA) is 96.3 Å². The third-order valence-electron chi connectivity index (χ3n) is 2.82. The molecule has 10 heteroatoms. The molecule has 1 amide bonds. The number of halogens is 2. The third-order valence-corrected chi connectivity index (χ3v) is 3.68. The molecule has 0 atom stereocenters. The fraction of sp³-hybridized carbons (Fsp3) is 0. The minimum Gasteiger partial charge on any atom is -0.330 e. The summed E-state index contributed by atoms with van der Waals surface area (Å²) in [6, 6.07) is 10.4. The van der Waals surface area contributed by atoms with Crippen LogP contribution >= 0.6 is 35.4 Å². The van der Waals surface area contributed by atoms with Gasteiger partial charge in [0.05, 0.1) is 26.2 Å². The predicted octanol–water partition coefficient (Wildman–Crippen LogP) is 3.53. The Balaban J connectivity index is 1.99. The largest absolute Gasteiger partial charge is 0.330 e. The van der Waals surface area contributed by atoms with Crippen LogP contribution < -0.4 is 16.2 Å². The van der Waals surface area contributed by atoms with E-state index in [-0.39, 0.29) is 32.1 Å². The molecule has 2 aromatic rings. The molecule has 0 aliphatic heterocycles. The van der Waals surface area contributed by atoms with E-state index in [0.717, 1.165) is 0 Å². The van der Waals surface area contributed by atoms with Gasteiger partial charge in [-0.05, 0) is 30.4 Å². The summed E-state index contributed by atoms with van der Waals surface area (Å²) in [6.45, 7) is 0. The molecule has 2 rings (SSSR count). The van der Waals surface area contributed by atoms with Crippen LogP contribution in [0.4, 0.5) is 11.4 Å². The summed E-state index contributed by atoms with van der Waals surface area (Å²) in [7, 11) is 0. The molecule has 0 radical (unpaired) electrons. The van der Waals surface area contributed by atoms with E-state index in [2.05, 4.69) is 16.2 Å². The van der Waals surface area contributed by atoms with Crippen molar-refractivity contribution >= 4 is 57.8 Å². The normalized spacial score (nSPS) is 9.92. The fourth-order valence-electron chi connectivity index (χ4n) is 1.70. The smallest absolute Gasteiger partial charge is 0.271 e. The minimum absolute atomic E-state index is 0.00204. The van der Waals surface area contributed by atoms with E-state index >= 15 is 0 Å². The van der Waals surface area contributed by atoms with E-state index in [1.165, 1.54) is 18.2 Å². The Hall–Kier alpha value is -2.42. The first-order valence-electron chi connectivity index (χ1n) is 6.44. The number of hydrogen-bond donors (Lipinski definition) is 3. The zero-order valence-electron chi connectivity index (χ0n) is 11.9. The van der Waals surface area contributed by atoms with E-state index in [1.54, 1.807) is 24.3 Å². The molecule has 0 spiro atoms. The summed E-state index contributed by atoms with van der Waals surface area (Å²) in [4.78, 5) is 22.2. The molecule has 124 valence electrons. The van der Waals surface area contributed by atoms with E-state index in [1.807, 2.05) is 0 Å². The molecule has 0 saturated carbocycles. The molecule has 24 heavy (non-hydrogen) atoms. The maximum Gasteiger partial charge on any atom is 0.271 e. The van der Waals surface area contributed by atoms with E-state index in [9.17, 15) is 14.9 Å². The number of nitrogens with zero attached hydrogens (tertiary/aromatic N) is 1. The van der Waals surface area contributed by atoms with Crippen LogP contribution in [0.25, 0.3) is 0 Å². The van der Waals surface area contributed by atoms with Crippen LogP contribution in [0, 0.1) is 10.1 Å². The number of amides is 1. The van der Waals surface area contributed by atoms with E-state index < -0.39 is 10.8 Å². The number of carbonyl (C=O) groups is 1. The summed E-state index contributed by atoms with van der Waals surface area (Å²) < 4.78 is 0.